The molecule has 0 bridgehead atoms. The second-order valence-corrected chi connectivity index (χ2v) is 8.98. The molecule has 0 N–H and O–H groups in total. The first kappa shape index (κ1) is 22.1. The third-order valence-electron chi connectivity index (χ3n) is 4.87. The van der Waals surface area contributed by atoms with Crippen molar-refractivity contribution in [1.29, 1.82) is 0 Å². The van der Waals surface area contributed by atoms with Crippen LogP contribution in [0.5, 0.6) is 0 Å². The molecule has 3 aromatic rings. The average Bonchev–Trinajstić information content (AvgIpc) is 3.39. The molecule has 1 saturated heterocycles. The predicted molar refractivity (Wildman–Crippen MR) is 120 cm³/mol. The molecule has 1 aliphatic heterocycles. The molecule has 10 heteroatoms. The van der Waals surface area contributed by atoms with E-state index in [-0.39, 0.29) is 11.8 Å². The van der Waals surface area contributed by atoms with Gasteiger partial charge < -0.3 is 14.0 Å². The monoisotopic (exact) mass is 479 g/mol. The van der Waals surface area contributed by atoms with Crippen LogP contribution in [0.3, 0.4) is 0 Å². The van der Waals surface area contributed by atoms with E-state index in [0.717, 1.165) is 11.1 Å². The lowest BCUT2D eigenvalue weighted by Gasteiger charge is -2.30. The zero-order valence-corrected chi connectivity index (χ0v) is 18.6. The number of hydrogen-bond donors (Lipinski definition) is 0. The summed E-state index contributed by atoms with van der Waals surface area (Å²) in [6.45, 7) is 0.818. The Morgan fingerprint density at radius 3 is 2.74 bits per heavy atom. The SMILES string of the molecule is O=[N+]([O-])c1ccc(CSC[C@@H]2CO[C@@](Cn3ccnc3)(c3ccc(Cl)cc3Cl)O2)cc1. The summed E-state index contributed by atoms with van der Waals surface area (Å²) in [6, 6.07) is 11.8. The molecule has 0 spiro atoms. The van der Waals surface area contributed by atoms with Gasteiger partial charge in [-0.25, -0.2) is 4.98 Å². The smallest absolute Gasteiger partial charge is 0.269 e. The number of nitro groups is 1. The zero-order valence-electron chi connectivity index (χ0n) is 16.3. The lowest BCUT2D eigenvalue weighted by Crippen LogP contribution is -2.34. The number of nitrogens with zero attached hydrogens (tertiary/aromatic N) is 3. The first-order chi connectivity index (χ1) is 14.9. The Kier molecular flexibility index (Phi) is 6.83. The number of aromatic nitrogens is 2. The summed E-state index contributed by atoms with van der Waals surface area (Å²) in [5.74, 6) is 0.378. The van der Waals surface area contributed by atoms with E-state index < -0.39 is 10.7 Å². The minimum Gasteiger partial charge on any atom is -0.342 e. The highest BCUT2D eigenvalue weighted by atomic mass is 35.5. The second-order valence-electron chi connectivity index (χ2n) is 7.10. The summed E-state index contributed by atoms with van der Waals surface area (Å²) < 4.78 is 14.5. The Balaban J connectivity index is 1.43. The van der Waals surface area contributed by atoms with E-state index in [1.165, 1.54) is 12.1 Å². The lowest BCUT2D eigenvalue weighted by molar-refractivity contribution is -0.384. The number of benzene rings is 2. The van der Waals surface area contributed by atoms with E-state index in [2.05, 4.69) is 4.98 Å². The number of thioether (sulfide) groups is 1. The van der Waals surface area contributed by atoms with E-state index in [9.17, 15) is 10.1 Å². The highest BCUT2D eigenvalue weighted by Crippen LogP contribution is 2.41. The maximum absolute atomic E-state index is 10.8. The highest BCUT2D eigenvalue weighted by Gasteiger charge is 2.45. The molecule has 0 unspecified atom stereocenters. The molecule has 2 heterocycles. The van der Waals surface area contributed by atoms with Gasteiger partial charge in [0, 0.05) is 46.6 Å². The van der Waals surface area contributed by atoms with Crippen LogP contribution in [0.2, 0.25) is 10.0 Å². The van der Waals surface area contributed by atoms with Crippen LogP contribution in [-0.2, 0) is 27.6 Å². The third kappa shape index (κ3) is 5.22. The topological polar surface area (TPSA) is 79.4 Å². The number of ether oxygens (including phenoxy) is 2. The van der Waals surface area contributed by atoms with Crippen molar-refractivity contribution in [3.05, 3.63) is 92.5 Å². The Morgan fingerprint density at radius 1 is 1.26 bits per heavy atom. The van der Waals surface area contributed by atoms with Gasteiger partial charge in [0.05, 0.1) is 35.5 Å². The van der Waals surface area contributed by atoms with Crippen LogP contribution >= 0.6 is 35.0 Å². The zero-order chi connectivity index (χ0) is 21.8. The van der Waals surface area contributed by atoms with Crippen LogP contribution in [0.15, 0.2) is 61.2 Å². The van der Waals surface area contributed by atoms with Crippen molar-refractivity contribution >= 4 is 40.7 Å². The molecule has 0 aliphatic carbocycles. The van der Waals surface area contributed by atoms with E-state index >= 15 is 0 Å². The Hall–Kier alpha value is -2.10. The van der Waals surface area contributed by atoms with Gasteiger partial charge in [-0.1, -0.05) is 41.4 Å². The molecule has 0 amide bonds. The standard InChI is InChI=1S/C21H19Cl2N3O4S/c22-16-3-6-19(20(23)9-16)21(13-25-8-7-24-14-25)29-10-18(30-21)12-31-11-15-1-4-17(5-2-15)26(27)28/h1-9,14,18H,10-13H2/t18-,21+/m0/s1. The number of imidazole rings is 1. The van der Waals surface area contributed by atoms with Crippen LogP contribution in [0.4, 0.5) is 5.69 Å². The van der Waals surface area contributed by atoms with Gasteiger partial charge in [-0.15, -0.1) is 0 Å². The largest absolute Gasteiger partial charge is 0.342 e. The molecule has 2 aromatic carbocycles. The van der Waals surface area contributed by atoms with Crippen LogP contribution in [0.1, 0.15) is 11.1 Å². The molecule has 4 rings (SSSR count). The van der Waals surface area contributed by atoms with Crippen molar-refractivity contribution in [3.63, 3.8) is 0 Å². The third-order valence-corrected chi connectivity index (χ3v) is 6.56. The quantitative estimate of drug-likeness (QED) is 0.322. The Bertz CT molecular complexity index is 1050. The summed E-state index contributed by atoms with van der Waals surface area (Å²) in [6.07, 6.45) is 5.10. The van der Waals surface area contributed by atoms with Gasteiger partial charge in [0.2, 0.25) is 5.79 Å². The molecule has 2 atom stereocenters. The number of hydrogen-bond acceptors (Lipinski definition) is 6. The second kappa shape index (κ2) is 9.58. The molecule has 0 saturated carbocycles. The van der Waals surface area contributed by atoms with Crippen molar-refractivity contribution in [2.45, 2.75) is 24.2 Å². The molecule has 31 heavy (non-hydrogen) atoms. The fourth-order valence-corrected chi connectivity index (χ4v) is 4.92. The fourth-order valence-electron chi connectivity index (χ4n) is 3.40. The number of non-ortho nitro benzene ring substituents is 1. The van der Waals surface area contributed by atoms with Crippen molar-refractivity contribution in [2.24, 2.45) is 0 Å². The summed E-state index contributed by atoms with van der Waals surface area (Å²) in [7, 11) is 0. The van der Waals surface area contributed by atoms with Gasteiger partial charge in [0.15, 0.2) is 0 Å². The van der Waals surface area contributed by atoms with Crippen LogP contribution < -0.4 is 0 Å². The minimum atomic E-state index is -1.04. The predicted octanol–water partition coefficient (Wildman–Crippen LogP) is 5.30. The molecule has 1 aromatic heterocycles. The maximum Gasteiger partial charge on any atom is 0.269 e. The fraction of sp³-hybridized carbons (Fsp3) is 0.286. The molecule has 1 aliphatic rings. The van der Waals surface area contributed by atoms with Gasteiger partial charge in [-0.2, -0.15) is 11.8 Å². The highest BCUT2D eigenvalue weighted by molar-refractivity contribution is 7.98. The van der Waals surface area contributed by atoms with Crippen molar-refractivity contribution in [1.82, 2.24) is 9.55 Å². The maximum atomic E-state index is 10.8. The first-order valence-corrected chi connectivity index (χ1v) is 11.4. The van der Waals surface area contributed by atoms with Gasteiger partial charge >= 0.3 is 0 Å². The number of rotatable bonds is 8. The molecular formula is C21H19Cl2N3O4S. The van der Waals surface area contributed by atoms with Crippen LogP contribution in [0.25, 0.3) is 0 Å². The van der Waals surface area contributed by atoms with Crippen LogP contribution in [-0.4, -0.2) is 32.9 Å². The minimum absolute atomic E-state index is 0.0883. The summed E-state index contributed by atoms with van der Waals surface area (Å²) >= 11 is 14.2. The van der Waals surface area contributed by atoms with Gasteiger partial charge in [0.25, 0.3) is 5.69 Å². The lowest BCUT2D eigenvalue weighted by atomic mass is 10.1. The number of halogens is 2. The van der Waals surface area contributed by atoms with Crippen molar-refractivity contribution in [2.75, 3.05) is 12.4 Å². The van der Waals surface area contributed by atoms with Crippen molar-refractivity contribution < 1.29 is 14.4 Å². The van der Waals surface area contributed by atoms with E-state index in [1.807, 2.05) is 16.8 Å². The molecule has 7 nitrogen and oxygen atoms in total. The van der Waals surface area contributed by atoms with Crippen LogP contribution in [0, 0.1) is 10.1 Å². The van der Waals surface area contributed by atoms with Crippen molar-refractivity contribution in [3.8, 4) is 0 Å². The van der Waals surface area contributed by atoms with E-state index in [0.29, 0.717) is 34.7 Å². The summed E-state index contributed by atoms with van der Waals surface area (Å²) in [4.78, 5) is 14.5. The van der Waals surface area contributed by atoms with Gasteiger partial charge in [0.1, 0.15) is 0 Å². The average molecular weight is 480 g/mol. The Labute approximate surface area is 193 Å². The Morgan fingerprint density at radius 2 is 2.06 bits per heavy atom. The normalized spacial score (nSPS) is 20.8. The van der Waals surface area contributed by atoms with Gasteiger partial charge in [-0.3, -0.25) is 10.1 Å². The summed E-state index contributed by atoms with van der Waals surface area (Å²) in [5, 5.41) is 11.8. The summed E-state index contributed by atoms with van der Waals surface area (Å²) in [5.41, 5.74) is 1.82. The van der Waals surface area contributed by atoms with E-state index in [1.54, 1.807) is 48.6 Å². The first-order valence-electron chi connectivity index (χ1n) is 9.49. The molecule has 162 valence electrons. The molecule has 1 fully saturated rings. The number of nitro benzene ring substituents is 1. The molecule has 0 radical (unpaired) electrons. The van der Waals surface area contributed by atoms with Gasteiger partial charge in [-0.05, 0) is 17.7 Å². The van der Waals surface area contributed by atoms with E-state index in [4.69, 9.17) is 32.7 Å². The molecular weight excluding hydrogens is 461 g/mol.